The number of nitrogens with one attached hydrogen (secondary N) is 1. The molecule has 60 valence electrons. The molecule has 0 unspecified atom stereocenters. The first-order valence-electron chi connectivity index (χ1n) is 3.39. The first kappa shape index (κ1) is 8.64. The highest BCUT2D eigenvalue weighted by molar-refractivity contribution is 14.1. The number of halogens is 1. The summed E-state index contributed by atoms with van der Waals surface area (Å²) in [4.78, 5) is 0. The molecule has 2 nitrogen and oxygen atoms in total. The monoisotopic (exact) mass is 262 g/mol. The van der Waals surface area contributed by atoms with Crippen LogP contribution in [-0.4, -0.2) is 7.05 Å². The average Bonchev–Trinajstić information content (AvgIpc) is 2.01. The highest BCUT2D eigenvalue weighted by atomic mass is 127. The Morgan fingerprint density at radius 3 is 2.64 bits per heavy atom. The lowest BCUT2D eigenvalue weighted by molar-refractivity contribution is 1.40. The predicted octanol–water partition coefficient (Wildman–Crippen LogP) is 2.22. The standard InChI is InChI=1S/C8H11IN2/c1-5-6(9)3-4-7(11-2)8(5)10/h3-4,11H,10H2,1-2H3. The Hall–Kier alpha value is -0.450. The Balaban J connectivity index is 3.25. The lowest BCUT2D eigenvalue weighted by Gasteiger charge is -2.08. The van der Waals surface area contributed by atoms with Crippen molar-refractivity contribution in [2.45, 2.75) is 6.92 Å². The molecule has 1 aromatic carbocycles. The summed E-state index contributed by atoms with van der Waals surface area (Å²) in [5, 5.41) is 3.03. The van der Waals surface area contributed by atoms with Gasteiger partial charge in [-0.15, -0.1) is 0 Å². The molecule has 0 heterocycles. The molecule has 0 fully saturated rings. The molecule has 0 aromatic heterocycles. The van der Waals surface area contributed by atoms with Crippen molar-refractivity contribution < 1.29 is 0 Å². The van der Waals surface area contributed by atoms with E-state index in [1.807, 2.05) is 20.0 Å². The topological polar surface area (TPSA) is 38.0 Å². The van der Waals surface area contributed by atoms with E-state index in [2.05, 4.69) is 34.0 Å². The van der Waals surface area contributed by atoms with Crippen molar-refractivity contribution in [3.8, 4) is 0 Å². The largest absolute Gasteiger partial charge is 0.397 e. The molecule has 0 spiro atoms. The van der Waals surface area contributed by atoms with Crippen LogP contribution < -0.4 is 11.1 Å². The fourth-order valence-corrected chi connectivity index (χ4v) is 1.39. The van der Waals surface area contributed by atoms with E-state index in [0.717, 1.165) is 16.9 Å². The van der Waals surface area contributed by atoms with Crippen LogP contribution in [0, 0.1) is 10.5 Å². The molecule has 3 N–H and O–H groups in total. The van der Waals surface area contributed by atoms with Gasteiger partial charge in [-0.25, -0.2) is 0 Å². The molecule has 0 aliphatic rings. The zero-order chi connectivity index (χ0) is 8.43. The van der Waals surface area contributed by atoms with E-state index >= 15 is 0 Å². The number of nitrogen functional groups attached to an aromatic ring is 1. The Morgan fingerprint density at radius 2 is 2.09 bits per heavy atom. The van der Waals surface area contributed by atoms with Gasteiger partial charge in [0.2, 0.25) is 0 Å². The van der Waals surface area contributed by atoms with E-state index in [1.165, 1.54) is 3.57 Å². The van der Waals surface area contributed by atoms with Crippen LogP contribution in [0.4, 0.5) is 11.4 Å². The van der Waals surface area contributed by atoms with Crippen LogP contribution in [0.15, 0.2) is 12.1 Å². The fraction of sp³-hybridized carbons (Fsp3) is 0.250. The van der Waals surface area contributed by atoms with Crippen LogP contribution >= 0.6 is 22.6 Å². The second-order valence-electron chi connectivity index (χ2n) is 2.38. The maximum absolute atomic E-state index is 5.83. The first-order valence-corrected chi connectivity index (χ1v) is 4.47. The Morgan fingerprint density at radius 1 is 1.45 bits per heavy atom. The van der Waals surface area contributed by atoms with Crippen LogP contribution in [0.5, 0.6) is 0 Å². The highest BCUT2D eigenvalue weighted by Crippen LogP contribution is 2.25. The van der Waals surface area contributed by atoms with Crippen molar-refractivity contribution in [3.05, 3.63) is 21.3 Å². The van der Waals surface area contributed by atoms with Gasteiger partial charge in [0.05, 0.1) is 11.4 Å². The summed E-state index contributed by atoms with van der Waals surface area (Å²) < 4.78 is 1.21. The Kier molecular flexibility index (Phi) is 2.59. The number of anilines is 2. The zero-order valence-electron chi connectivity index (χ0n) is 6.61. The molecule has 0 saturated heterocycles. The summed E-state index contributed by atoms with van der Waals surface area (Å²) in [7, 11) is 1.87. The molecule has 0 aliphatic carbocycles. The van der Waals surface area contributed by atoms with E-state index in [9.17, 15) is 0 Å². The zero-order valence-corrected chi connectivity index (χ0v) is 8.77. The molecule has 11 heavy (non-hydrogen) atoms. The smallest absolute Gasteiger partial charge is 0.0590 e. The van der Waals surface area contributed by atoms with Gasteiger partial charge in [-0.05, 0) is 47.2 Å². The second kappa shape index (κ2) is 3.30. The molecule has 1 aromatic rings. The van der Waals surface area contributed by atoms with Gasteiger partial charge < -0.3 is 11.1 Å². The Bertz CT molecular complexity index is 271. The van der Waals surface area contributed by atoms with Crippen molar-refractivity contribution in [1.82, 2.24) is 0 Å². The summed E-state index contributed by atoms with van der Waals surface area (Å²) in [6.07, 6.45) is 0. The van der Waals surface area contributed by atoms with E-state index < -0.39 is 0 Å². The van der Waals surface area contributed by atoms with Gasteiger partial charge in [-0.1, -0.05) is 0 Å². The van der Waals surface area contributed by atoms with Gasteiger partial charge in [0.15, 0.2) is 0 Å². The molecule has 0 saturated carbocycles. The minimum absolute atomic E-state index is 0.847. The van der Waals surface area contributed by atoms with Gasteiger partial charge in [0.25, 0.3) is 0 Å². The number of nitrogens with two attached hydrogens (primary N) is 1. The third kappa shape index (κ3) is 1.58. The number of hydrogen-bond donors (Lipinski definition) is 2. The summed E-state index contributed by atoms with van der Waals surface area (Å²) in [6.45, 7) is 2.03. The van der Waals surface area contributed by atoms with Gasteiger partial charge >= 0.3 is 0 Å². The molecular formula is C8H11IN2. The molecule has 0 atom stereocenters. The van der Waals surface area contributed by atoms with Crippen molar-refractivity contribution in [3.63, 3.8) is 0 Å². The molecule has 1 rings (SSSR count). The molecular weight excluding hydrogens is 251 g/mol. The maximum Gasteiger partial charge on any atom is 0.0590 e. The third-order valence-electron chi connectivity index (χ3n) is 1.72. The summed E-state index contributed by atoms with van der Waals surface area (Å²) in [5.41, 5.74) is 8.83. The minimum Gasteiger partial charge on any atom is -0.397 e. The summed E-state index contributed by atoms with van der Waals surface area (Å²) in [5.74, 6) is 0. The van der Waals surface area contributed by atoms with Crippen LogP contribution in [0.25, 0.3) is 0 Å². The maximum atomic E-state index is 5.83. The van der Waals surface area contributed by atoms with Crippen molar-refractivity contribution in [2.24, 2.45) is 0 Å². The van der Waals surface area contributed by atoms with Gasteiger partial charge in [0.1, 0.15) is 0 Å². The first-order chi connectivity index (χ1) is 5.16. The Labute approximate surface area is 80.3 Å². The summed E-state index contributed by atoms with van der Waals surface area (Å²) in [6, 6.07) is 4.04. The quantitative estimate of drug-likeness (QED) is 0.601. The fourth-order valence-electron chi connectivity index (χ4n) is 0.920. The predicted molar refractivity (Wildman–Crippen MR) is 57.9 cm³/mol. The van der Waals surface area contributed by atoms with Crippen LogP contribution in [0.2, 0.25) is 0 Å². The molecule has 3 heteroatoms. The third-order valence-corrected chi connectivity index (χ3v) is 2.89. The SMILES string of the molecule is CNc1ccc(I)c(C)c1N. The minimum atomic E-state index is 0.847. The van der Waals surface area contributed by atoms with Crippen molar-refractivity contribution >= 4 is 34.0 Å². The molecule has 0 bridgehead atoms. The molecule has 0 radical (unpaired) electrons. The molecule has 0 amide bonds. The number of benzene rings is 1. The van der Waals surface area contributed by atoms with E-state index in [0.29, 0.717) is 0 Å². The van der Waals surface area contributed by atoms with Gasteiger partial charge in [-0.3, -0.25) is 0 Å². The van der Waals surface area contributed by atoms with E-state index in [1.54, 1.807) is 0 Å². The van der Waals surface area contributed by atoms with Crippen LogP contribution in [0.1, 0.15) is 5.56 Å². The lowest BCUT2D eigenvalue weighted by atomic mass is 10.2. The average molecular weight is 262 g/mol. The molecule has 0 aliphatic heterocycles. The van der Waals surface area contributed by atoms with Crippen molar-refractivity contribution in [1.29, 1.82) is 0 Å². The highest BCUT2D eigenvalue weighted by Gasteiger charge is 2.02. The number of rotatable bonds is 1. The second-order valence-corrected chi connectivity index (χ2v) is 3.55. The number of hydrogen-bond acceptors (Lipinski definition) is 2. The van der Waals surface area contributed by atoms with Gasteiger partial charge in [0, 0.05) is 10.6 Å². The van der Waals surface area contributed by atoms with Crippen LogP contribution in [0.3, 0.4) is 0 Å². The summed E-state index contributed by atoms with van der Waals surface area (Å²) >= 11 is 2.28. The van der Waals surface area contributed by atoms with E-state index in [4.69, 9.17) is 5.73 Å². The van der Waals surface area contributed by atoms with E-state index in [-0.39, 0.29) is 0 Å². The van der Waals surface area contributed by atoms with Crippen molar-refractivity contribution in [2.75, 3.05) is 18.1 Å². The van der Waals surface area contributed by atoms with Gasteiger partial charge in [-0.2, -0.15) is 0 Å². The lowest BCUT2D eigenvalue weighted by Crippen LogP contribution is -1.99. The van der Waals surface area contributed by atoms with Crippen LogP contribution in [-0.2, 0) is 0 Å². The normalized spacial score (nSPS) is 9.73.